The van der Waals surface area contributed by atoms with Gasteiger partial charge >= 0.3 is 5.97 Å². The van der Waals surface area contributed by atoms with Crippen molar-refractivity contribution in [3.63, 3.8) is 0 Å². The molecule has 33 heavy (non-hydrogen) atoms. The molecule has 4 N–H and O–H groups in total. The number of nitrogen functional groups attached to an aromatic ring is 1. The molecule has 4 rings (SSSR count). The Morgan fingerprint density at radius 1 is 1.15 bits per heavy atom. The number of carbonyl (C=O) groups excluding carboxylic acids is 1. The molecule has 0 radical (unpaired) electrons. The molecule has 2 aromatic heterocycles. The van der Waals surface area contributed by atoms with Gasteiger partial charge in [0, 0.05) is 16.2 Å². The summed E-state index contributed by atoms with van der Waals surface area (Å²) < 4.78 is 5.92. The van der Waals surface area contributed by atoms with Crippen molar-refractivity contribution >= 4 is 35.7 Å². The minimum absolute atomic E-state index is 0.00972. The molecule has 0 aliphatic rings. The van der Waals surface area contributed by atoms with E-state index in [2.05, 4.69) is 35.8 Å². The number of carboxylic acids is 1. The van der Waals surface area contributed by atoms with Crippen LogP contribution in [0.25, 0.3) is 5.82 Å². The standard InChI is InChI=1S/C20H16N8O4S/c21-17-18(26-32-25-17)28-15(11-33-13-7-2-1-3-8-13)16(23-27-28)19(29)24-22-10-12-6-4-5-9-14(12)20(30)31/h1-10H,11H2,(H2,21,25)(H,24,29)(H,30,31)/b22-10+. The molecule has 166 valence electrons. The molecule has 0 unspecified atom stereocenters. The Balaban J connectivity index is 1.59. The van der Waals surface area contributed by atoms with Crippen LogP contribution in [-0.2, 0) is 5.75 Å². The third kappa shape index (κ3) is 4.88. The normalized spacial score (nSPS) is 11.0. The topological polar surface area (TPSA) is 174 Å². The van der Waals surface area contributed by atoms with Crippen molar-refractivity contribution < 1.29 is 19.3 Å². The summed E-state index contributed by atoms with van der Waals surface area (Å²) in [6.45, 7) is 0. The van der Waals surface area contributed by atoms with Crippen molar-refractivity contribution in [3.05, 3.63) is 77.1 Å². The van der Waals surface area contributed by atoms with Gasteiger partial charge in [-0.2, -0.15) is 9.78 Å². The number of hydrazone groups is 1. The zero-order chi connectivity index (χ0) is 23.2. The van der Waals surface area contributed by atoms with Gasteiger partial charge in [0.2, 0.25) is 11.6 Å². The minimum atomic E-state index is -1.11. The first kappa shape index (κ1) is 21.7. The van der Waals surface area contributed by atoms with Gasteiger partial charge in [-0.05, 0) is 28.5 Å². The number of amides is 1. The molecule has 0 aliphatic carbocycles. The quantitative estimate of drug-likeness (QED) is 0.199. The molecule has 12 nitrogen and oxygen atoms in total. The van der Waals surface area contributed by atoms with Gasteiger partial charge in [-0.15, -0.1) is 16.9 Å². The molecule has 0 spiro atoms. The molecular formula is C20H16N8O4S. The van der Waals surface area contributed by atoms with E-state index in [0.717, 1.165) is 4.90 Å². The average molecular weight is 464 g/mol. The zero-order valence-corrected chi connectivity index (χ0v) is 17.6. The van der Waals surface area contributed by atoms with E-state index in [0.29, 0.717) is 17.0 Å². The maximum absolute atomic E-state index is 12.8. The van der Waals surface area contributed by atoms with Crippen molar-refractivity contribution in [1.29, 1.82) is 0 Å². The van der Waals surface area contributed by atoms with Crippen molar-refractivity contribution in [3.8, 4) is 5.82 Å². The van der Waals surface area contributed by atoms with Crippen LogP contribution in [0.2, 0.25) is 0 Å². The van der Waals surface area contributed by atoms with Crippen LogP contribution >= 0.6 is 11.8 Å². The summed E-state index contributed by atoms with van der Waals surface area (Å²) in [5.41, 5.74) is 8.89. The second-order valence-corrected chi connectivity index (χ2v) is 7.51. The second kappa shape index (κ2) is 9.74. The number of aromatic carboxylic acids is 1. The summed E-state index contributed by atoms with van der Waals surface area (Å²) in [4.78, 5) is 25.1. The number of nitrogens with two attached hydrogens (primary N) is 1. The minimum Gasteiger partial charge on any atom is -0.478 e. The number of carbonyl (C=O) groups is 2. The van der Waals surface area contributed by atoms with Gasteiger partial charge < -0.3 is 10.8 Å². The Hall–Kier alpha value is -4.52. The molecule has 0 saturated heterocycles. The lowest BCUT2D eigenvalue weighted by Gasteiger charge is -2.06. The predicted octanol–water partition coefficient (Wildman–Crippen LogP) is 1.99. The van der Waals surface area contributed by atoms with Crippen LogP contribution in [0.15, 0.2) is 69.2 Å². The number of anilines is 1. The smallest absolute Gasteiger partial charge is 0.336 e. The summed E-state index contributed by atoms with van der Waals surface area (Å²) in [5, 5.41) is 28.3. The fraction of sp³-hybridized carbons (Fsp3) is 0.0500. The maximum atomic E-state index is 12.8. The van der Waals surface area contributed by atoms with Crippen molar-refractivity contribution in [2.75, 3.05) is 5.73 Å². The van der Waals surface area contributed by atoms with E-state index in [1.807, 2.05) is 30.3 Å². The molecule has 13 heteroatoms. The third-order valence-corrected chi connectivity index (χ3v) is 5.38. The highest BCUT2D eigenvalue weighted by Crippen LogP contribution is 2.25. The summed E-state index contributed by atoms with van der Waals surface area (Å²) in [6, 6.07) is 15.8. The van der Waals surface area contributed by atoms with Crippen molar-refractivity contribution in [2.45, 2.75) is 10.6 Å². The average Bonchev–Trinajstić information content (AvgIpc) is 3.44. The Morgan fingerprint density at radius 2 is 1.91 bits per heavy atom. The number of hydrogen-bond donors (Lipinski definition) is 3. The van der Waals surface area contributed by atoms with Crippen LogP contribution < -0.4 is 11.2 Å². The molecule has 4 aromatic rings. The molecule has 2 aromatic carbocycles. The number of nitrogens with one attached hydrogen (secondary N) is 1. The van der Waals surface area contributed by atoms with Crippen LogP contribution in [0.1, 0.15) is 32.1 Å². The van der Waals surface area contributed by atoms with Gasteiger partial charge in [-0.25, -0.2) is 14.8 Å². The van der Waals surface area contributed by atoms with E-state index in [1.54, 1.807) is 18.2 Å². The number of nitrogens with zero attached hydrogens (tertiary/aromatic N) is 6. The first-order valence-corrected chi connectivity index (χ1v) is 10.4. The fourth-order valence-electron chi connectivity index (χ4n) is 2.80. The molecule has 1 amide bonds. The summed E-state index contributed by atoms with van der Waals surface area (Å²) in [5.74, 6) is -1.36. The van der Waals surface area contributed by atoms with Gasteiger partial charge in [0.1, 0.15) is 0 Å². The predicted molar refractivity (Wildman–Crippen MR) is 118 cm³/mol. The van der Waals surface area contributed by atoms with Gasteiger partial charge in [0.05, 0.1) is 17.5 Å². The van der Waals surface area contributed by atoms with Crippen LogP contribution in [0.5, 0.6) is 0 Å². The van der Waals surface area contributed by atoms with Gasteiger partial charge in [0.25, 0.3) is 5.91 Å². The highest BCUT2D eigenvalue weighted by Gasteiger charge is 2.24. The van der Waals surface area contributed by atoms with Crippen molar-refractivity contribution in [1.82, 2.24) is 30.7 Å². The Labute approximate surface area is 190 Å². The molecular weight excluding hydrogens is 448 g/mol. The fourth-order valence-corrected chi connectivity index (χ4v) is 3.71. The van der Waals surface area contributed by atoms with Gasteiger partial charge in [-0.1, -0.05) is 41.6 Å². The molecule has 0 aliphatic heterocycles. The van der Waals surface area contributed by atoms with Gasteiger partial charge in [-0.3, -0.25) is 4.79 Å². The Morgan fingerprint density at radius 3 is 2.64 bits per heavy atom. The van der Waals surface area contributed by atoms with Crippen LogP contribution in [-0.4, -0.2) is 48.5 Å². The summed E-state index contributed by atoms with van der Waals surface area (Å²) in [6.07, 6.45) is 1.24. The first-order chi connectivity index (χ1) is 16.0. The van der Waals surface area contributed by atoms with Crippen LogP contribution in [0.4, 0.5) is 5.82 Å². The lowest BCUT2D eigenvalue weighted by Crippen LogP contribution is -2.20. The monoisotopic (exact) mass is 464 g/mol. The molecule has 0 atom stereocenters. The zero-order valence-electron chi connectivity index (χ0n) is 16.8. The van der Waals surface area contributed by atoms with E-state index >= 15 is 0 Å². The number of rotatable bonds is 8. The van der Waals surface area contributed by atoms with Crippen LogP contribution in [0.3, 0.4) is 0 Å². The van der Waals surface area contributed by atoms with Gasteiger partial charge in [0.15, 0.2) is 5.69 Å². The van der Waals surface area contributed by atoms with E-state index in [1.165, 1.54) is 28.7 Å². The van der Waals surface area contributed by atoms with Crippen molar-refractivity contribution in [2.24, 2.45) is 5.10 Å². The molecule has 0 bridgehead atoms. The second-order valence-electron chi connectivity index (χ2n) is 6.46. The number of hydrogen-bond acceptors (Lipinski definition) is 10. The number of carboxylic acid groups (broad SMARTS) is 1. The Bertz CT molecular complexity index is 1320. The van der Waals surface area contributed by atoms with E-state index in [9.17, 15) is 14.7 Å². The largest absolute Gasteiger partial charge is 0.478 e. The highest BCUT2D eigenvalue weighted by atomic mass is 32.2. The molecule has 0 fully saturated rings. The number of benzene rings is 2. The number of thioether (sulfide) groups is 1. The number of aromatic nitrogens is 5. The first-order valence-electron chi connectivity index (χ1n) is 9.41. The Kier molecular flexibility index (Phi) is 6.40. The summed E-state index contributed by atoms with van der Waals surface area (Å²) in [7, 11) is 0. The highest BCUT2D eigenvalue weighted by molar-refractivity contribution is 7.98. The lowest BCUT2D eigenvalue weighted by atomic mass is 10.1. The molecule has 0 saturated carbocycles. The summed E-state index contributed by atoms with van der Waals surface area (Å²) >= 11 is 1.45. The van der Waals surface area contributed by atoms with E-state index < -0.39 is 11.9 Å². The van der Waals surface area contributed by atoms with E-state index in [4.69, 9.17) is 5.73 Å². The van der Waals surface area contributed by atoms with Crippen LogP contribution in [0, 0.1) is 0 Å². The lowest BCUT2D eigenvalue weighted by molar-refractivity contribution is 0.0696. The maximum Gasteiger partial charge on any atom is 0.336 e. The molecule has 2 heterocycles. The SMILES string of the molecule is Nc1nonc1-n1nnc(C(=O)N/N=C/c2ccccc2C(=O)O)c1CSc1ccccc1. The third-order valence-electron chi connectivity index (χ3n) is 4.35. The van der Waals surface area contributed by atoms with E-state index in [-0.39, 0.29) is 22.9 Å².